The van der Waals surface area contributed by atoms with Crippen LogP contribution in [0.2, 0.25) is 0 Å². The van der Waals surface area contributed by atoms with E-state index < -0.39 is 17.5 Å². The Balaban J connectivity index is 1.60. The van der Waals surface area contributed by atoms with Crippen molar-refractivity contribution in [1.82, 2.24) is 15.2 Å². The van der Waals surface area contributed by atoms with Gasteiger partial charge in [-0.1, -0.05) is 6.92 Å². The molecule has 1 aliphatic heterocycles. The van der Waals surface area contributed by atoms with Gasteiger partial charge in [-0.15, -0.1) is 0 Å². The number of aromatic nitrogens is 1. The second-order valence-corrected chi connectivity index (χ2v) is 7.71. The summed E-state index contributed by atoms with van der Waals surface area (Å²) in [7, 11) is 0. The Hall–Kier alpha value is -2.64. The molecule has 1 aliphatic carbocycles. The van der Waals surface area contributed by atoms with E-state index in [1.807, 2.05) is 6.07 Å². The van der Waals surface area contributed by atoms with Crippen LogP contribution in [-0.4, -0.2) is 52.9 Å². The highest BCUT2D eigenvalue weighted by atomic mass is 16.2. The molecular formula is C20H29N5O3. The summed E-state index contributed by atoms with van der Waals surface area (Å²) in [5, 5.41) is 5.55. The number of carbonyl (C=O) groups excluding carboxylic acids is 3. The first-order valence-electron chi connectivity index (χ1n) is 10.0. The van der Waals surface area contributed by atoms with Crippen LogP contribution >= 0.6 is 0 Å². The lowest BCUT2D eigenvalue weighted by molar-refractivity contribution is -0.135. The zero-order valence-electron chi connectivity index (χ0n) is 16.8. The minimum atomic E-state index is -0.823. The van der Waals surface area contributed by atoms with Crippen molar-refractivity contribution in [2.45, 2.75) is 52.0 Å². The molecule has 1 aromatic heterocycles. The topological polar surface area (TPSA) is 94.6 Å². The third-order valence-electron chi connectivity index (χ3n) is 5.79. The maximum Gasteiger partial charge on any atom is 0.325 e. The van der Waals surface area contributed by atoms with Gasteiger partial charge in [-0.25, -0.2) is 9.78 Å². The van der Waals surface area contributed by atoms with E-state index in [0.29, 0.717) is 24.4 Å². The van der Waals surface area contributed by atoms with Crippen LogP contribution in [0.1, 0.15) is 46.5 Å². The van der Waals surface area contributed by atoms with Crippen LogP contribution in [0.15, 0.2) is 18.3 Å². The number of hydrogen-bond donors (Lipinski definition) is 2. The van der Waals surface area contributed by atoms with Gasteiger partial charge in [0.1, 0.15) is 17.9 Å². The molecule has 152 valence electrons. The summed E-state index contributed by atoms with van der Waals surface area (Å²) in [4.78, 5) is 45.0. The number of nitrogens with one attached hydrogen (secondary N) is 2. The molecule has 0 radical (unpaired) electrons. The van der Waals surface area contributed by atoms with Crippen molar-refractivity contribution in [3.63, 3.8) is 0 Å². The van der Waals surface area contributed by atoms with Crippen LogP contribution in [0.3, 0.4) is 0 Å². The number of rotatable bonds is 6. The predicted molar refractivity (Wildman–Crippen MR) is 107 cm³/mol. The molecule has 4 amide bonds. The van der Waals surface area contributed by atoms with Crippen molar-refractivity contribution < 1.29 is 14.4 Å². The van der Waals surface area contributed by atoms with Crippen molar-refractivity contribution in [3.8, 4) is 0 Å². The molecule has 2 heterocycles. The summed E-state index contributed by atoms with van der Waals surface area (Å²) in [6.07, 6.45) is 4.65. The standard InChI is InChI=1S/C20H29N5O3/c1-4-24(5-2)16-7-6-15(12-21-16)22-17(26)13-25-18(27)20(23-19(25)28)10-8-14(3)9-11-20/h6-7,12,14H,4-5,8-11,13H2,1-3H3,(H,22,26)(H,23,28). The molecule has 0 unspecified atom stereocenters. The largest absolute Gasteiger partial charge is 0.357 e. The number of amides is 4. The predicted octanol–water partition coefficient (Wildman–Crippen LogP) is 2.37. The Morgan fingerprint density at radius 1 is 1.29 bits per heavy atom. The molecule has 2 fully saturated rings. The lowest BCUT2D eigenvalue weighted by atomic mass is 9.77. The Morgan fingerprint density at radius 3 is 2.54 bits per heavy atom. The van der Waals surface area contributed by atoms with E-state index in [-0.39, 0.29) is 12.5 Å². The molecule has 0 aromatic carbocycles. The van der Waals surface area contributed by atoms with Crippen molar-refractivity contribution in [3.05, 3.63) is 18.3 Å². The van der Waals surface area contributed by atoms with Gasteiger partial charge in [0.25, 0.3) is 5.91 Å². The number of carbonyl (C=O) groups is 3. The highest BCUT2D eigenvalue weighted by Crippen LogP contribution is 2.36. The van der Waals surface area contributed by atoms with Crippen LogP contribution in [0.5, 0.6) is 0 Å². The molecule has 8 nitrogen and oxygen atoms in total. The number of nitrogens with zero attached hydrogens (tertiary/aromatic N) is 3. The Bertz CT molecular complexity index is 737. The van der Waals surface area contributed by atoms with E-state index in [0.717, 1.165) is 36.6 Å². The fraction of sp³-hybridized carbons (Fsp3) is 0.600. The smallest absolute Gasteiger partial charge is 0.325 e. The Kier molecular flexibility index (Phi) is 5.86. The van der Waals surface area contributed by atoms with Crippen molar-refractivity contribution in [2.75, 3.05) is 29.9 Å². The van der Waals surface area contributed by atoms with Gasteiger partial charge in [-0.05, 0) is 57.6 Å². The van der Waals surface area contributed by atoms with E-state index in [9.17, 15) is 14.4 Å². The second kappa shape index (κ2) is 8.16. The molecule has 0 atom stereocenters. The number of imide groups is 1. The van der Waals surface area contributed by atoms with Gasteiger partial charge in [0.05, 0.1) is 11.9 Å². The van der Waals surface area contributed by atoms with E-state index in [1.54, 1.807) is 12.3 Å². The lowest BCUT2D eigenvalue weighted by Gasteiger charge is -2.33. The van der Waals surface area contributed by atoms with E-state index >= 15 is 0 Å². The van der Waals surface area contributed by atoms with E-state index in [4.69, 9.17) is 0 Å². The SMILES string of the molecule is CCN(CC)c1ccc(NC(=O)CN2C(=O)NC3(CCC(C)CC3)C2=O)cn1. The average molecular weight is 387 g/mol. The highest BCUT2D eigenvalue weighted by molar-refractivity contribution is 6.10. The van der Waals surface area contributed by atoms with Gasteiger partial charge in [0, 0.05) is 13.1 Å². The van der Waals surface area contributed by atoms with E-state index in [1.165, 1.54) is 0 Å². The summed E-state index contributed by atoms with van der Waals surface area (Å²) in [6, 6.07) is 3.13. The molecule has 1 saturated heterocycles. The molecule has 1 saturated carbocycles. The molecular weight excluding hydrogens is 358 g/mol. The van der Waals surface area contributed by atoms with E-state index in [2.05, 4.69) is 41.3 Å². The van der Waals surface area contributed by atoms with Crippen molar-refractivity contribution in [1.29, 1.82) is 0 Å². The molecule has 3 rings (SSSR count). The first-order chi connectivity index (χ1) is 13.4. The summed E-state index contributed by atoms with van der Waals surface area (Å²) < 4.78 is 0. The van der Waals surface area contributed by atoms with Crippen LogP contribution in [0.25, 0.3) is 0 Å². The normalized spacial score (nSPS) is 24.4. The zero-order chi connectivity index (χ0) is 20.3. The minimum Gasteiger partial charge on any atom is -0.357 e. The summed E-state index contributed by atoms with van der Waals surface area (Å²) in [6.45, 7) is 7.67. The number of pyridine rings is 1. The van der Waals surface area contributed by atoms with Crippen LogP contribution in [-0.2, 0) is 9.59 Å². The van der Waals surface area contributed by atoms with Crippen LogP contribution in [0.4, 0.5) is 16.3 Å². The third-order valence-corrected chi connectivity index (χ3v) is 5.79. The molecule has 28 heavy (non-hydrogen) atoms. The molecule has 0 bridgehead atoms. The molecule has 1 spiro atoms. The number of anilines is 2. The summed E-state index contributed by atoms with van der Waals surface area (Å²) in [5.41, 5.74) is -0.286. The van der Waals surface area contributed by atoms with Gasteiger partial charge in [0.15, 0.2) is 0 Å². The van der Waals surface area contributed by atoms with Gasteiger partial charge < -0.3 is 15.5 Å². The van der Waals surface area contributed by atoms with Crippen molar-refractivity contribution in [2.24, 2.45) is 5.92 Å². The number of urea groups is 1. The summed E-state index contributed by atoms with van der Waals surface area (Å²) in [5.74, 6) is 0.696. The van der Waals surface area contributed by atoms with Crippen LogP contribution < -0.4 is 15.5 Å². The first kappa shape index (κ1) is 20.1. The fourth-order valence-corrected chi connectivity index (χ4v) is 3.95. The summed E-state index contributed by atoms with van der Waals surface area (Å²) >= 11 is 0. The molecule has 1 aromatic rings. The van der Waals surface area contributed by atoms with Crippen molar-refractivity contribution >= 4 is 29.4 Å². The monoisotopic (exact) mass is 387 g/mol. The fourth-order valence-electron chi connectivity index (χ4n) is 3.95. The maximum absolute atomic E-state index is 12.8. The average Bonchev–Trinajstić information content (AvgIpc) is 2.91. The highest BCUT2D eigenvalue weighted by Gasteiger charge is 2.52. The first-order valence-corrected chi connectivity index (χ1v) is 10.0. The molecule has 2 N–H and O–H groups in total. The van der Waals surface area contributed by atoms with Crippen LogP contribution in [0, 0.1) is 5.92 Å². The van der Waals surface area contributed by atoms with Gasteiger partial charge >= 0.3 is 6.03 Å². The Morgan fingerprint density at radius 2 is 1.96 bits per heavy atom. The maximum atomic E-state index is 12.8. The minimum absolute atomic E-state index is 0.283. The molecule has 8 heteroatoms. The number of hydrogen-bond acceptors (Lipinski definition) is 5. The Labute approximate surface area is 165 Å². The second-order valence-electron chi connectivity index (χ2n) is 7.71. The lowest BCUT2D eigenvalue weighted by Crippen LogP contribution is -2.49. The molecule has 2 aliphatic rings. The van der Waals surface area contributed by atoms with Gasteiger partial charge in [-0.2, -0.15) is 0 Å². The van der Waals surface area contributed by atoms with Gasteiger partial charge in [0.2, 0.25) is 5.91 Å². The quantitative estimate of drug-likeness (QED) is 0.731. The van der Waals surface area contributed by atoms with Gasteiger partial charge in [-0.3, -0.25) is 14.5 Å². The third kappa shape index (κ3) is 3.95. The zero-order valence-corrected chi connectivity index (χ0v) is 16.8.